The Morgan fingerprint density at radius 1 is 1.19 bits per heavy atom. The highest BCUT2D eigenvalue weighted by Crippen LogP contribution is 2.30. The van der Waals surface area contributed by atoms with Crippen molar-refractivity contribution in [2.45, 2.75) is 19.3 Å². The molecule has 7 heteroatoms. The molecule has 1 aliphatic rings. The predicted octanol–water partition coefficient (Wildman–Crippen LogP) is 4.51. The molecular weight excluding hydrogens is 362 g/mol. The van der Waals surface area contributed by atoms with E-state index in [0.717, 1.165) is 44.1 Å². The third kappa shape index (κ3) is 5.68. The molecule has 0 aromatic heterocycles. The Kier molecular flexibility index (Phi) is 7.36. The summed E-state index contributed by atoms with van der Waals surface area (Å²) in [6.07, 6.45) is 2.35. The number of rotatable bonds is 6. The van der Waals surface area contributed by atoms with Gasteiger partial charge >= 0.3 is 0 Å². The molecule has 1 amide bonds. The molecule has 2 aromatic rings. The van der Waals surface area contributed by atoms with Gasteiger partial charge in [-0.3, -0.25) is 4.79 Å². The quantitative estimate of drug-likeness (QED) is 0.773. The Morgan fingerprint density at radius 2 is 1.92 bits per heavy atom. The number of para-hydroxylation sites is 2. The molecule has 1 saturated heterocycles. The first-order valence-corrected chi connectivity index (χ1v) is 8.34. The van der Waals surface area contributed by atoms with Gasteiger partial charge < -0.3 is 15.4 Å². The molecule has 1 atom stereocenters. The second-order valence-corrected chi connectivity index (χ2v) is 6.15. The minimum absolute atomic E-state index is 0. The molecule has 0 saturated carbocycles. The highest BCUT2D eigenvalue weighted by atomic mass is 35.5. The first kappa shape index (κ1) is 20.1. The fraction of sp³-hybridized carbons (Fsp3) is 0.316. The van der Waals surface area contributed by atoms with Crippen molar-refractivity contribution in [1.82, 2.24) is 5.32 Å². The number of nitrogens with one attached hydrogen (secondary N) is 2. The van der Waals surface area contributed by atoms with E-state index in [0.29, 0.717) is 23.8 Å². The van der Waals surface area contributed by atoms with Gasteiger partial charge in [0.05, 0.1) is 5.69 Å². The highest BCUT2D eigenvalue weighted by Gasteiger charge is 2.16. The Bertz CT molecular complexity index is 732. The summed E-state index contributed by atoms with van der Waals surface area (Å²) in [5.74, 6) is -0.635. The maximum Gasteiger partial charge on any atom is 0.224 e. The Labute approximate surface area is 157 Å². The van der Waals surface area contributed by atoms with E-state index in [1.165, 1.54) is 0 Å². The van der Waals surface area contributed by atoms with E-state index in [1.807, 2.05) is 0 Å². The van der Waals surface area contributed by atoms with Gasteiger partial charge in [-0.25, -0.2) is 8.78 Å². The first-order valence-electron chi connectivity index (χ1n) is 8.34. The van der Waals surface area contributed by atoms with Gasteiger partial charge in [-0.1, -0.05) is 12.1 Å². The van der Waals surface area contributed by atoms with Crippen LogP contribution in [0.4, 0.5) is 14.5 Å². The van der Waals surface area contributed by atoms with Crippen LogP contribution in [0.5, 0.6) is 11.5 Å². The Hall–Kier alpha value is -2.18. The standard InChI is InChI=1S/C19H20F2N2O2.ClH/c20-14-9-15(21)11-16(10-14)25-18-4-2-1-3-17(18)23-19(24)6-5-13-7-8-22-12-13;/h1-4,9-11,13,22H,5-8,12H2,(H,23,24);1H. The summed E-state index contributed by atoms with van der Waals surface area (Å²) in [4.78, 5) is 12.2. The molecule has 0 spiro atoms. The summed E-state index contributed by atoms with van der Waals surface area (Å²) < 4.78 is 32.1. The molecule has 1 aliphatic heterocycles. The fourth-order valence-corrected chi connectivity index (χ4v) is 2.88. The van der Waals surface area contributed by atoms with E-state index in [2.05, 4.69) is 10.6 Å². The largest absolute Gasteiger partial charge is 0.455 e. The van der Waals surface area contributed by atoms with Crippen LogP contribution in [0.15, 0.2) is 42.5 Å². The SMILES string of the molecule is Cl.O=C(CCC1CCNC1)Nc1ccccc1Oc1cc(F)cc(F)c1. The van der Waals surface area contributed by atoms with Crippen molar-refractivity contribution in [1.29, 1.82) is 0 Å². The number of amides is 1. The van der Waals surface area contributed by atoms with E-state index in [-0.39, 0.29) is 24.1 Å². The molecule has 0 aliphatic carbocycles. The molecule has 1 fully saturated rings. The predicted molar refractivity (Wildman–Crippen MR) is 99.0 cm³/mol. The molecule has 26 heavy (non-hydrogen) atoms. The summed E-state index contributed by atoms with van der Waals surface area (Å²) in [6, 6.07) is 9.78. The number of benzene rings is 2. The van der Waals surface area contributed by atoms with Gasteiger partial charge in [-0.05, 0) is 44.0 Å². The van der Waals surface area contributed by atoms with Gasteiger partial charge in [-0.2, -0.15) is 0 Å². The lowest BCUT2D eigenvalue weighted by atomic mass is 10.0. The van der Waals surface area contributed by atoms with Crippen LogP contribution in [0, 0.1) is 17.6 Å². The lowest BCUT2D eigenvalue weighted by Crippen LogP contribution is -2.15. The average molecular weight is 383 g/mol. The van der Waals surface area contributed by atoms with Crippen LogP contribution < -0.4 is 15.4 Å². The normalized spacial score (nSPS) is 16.0. The lowest BCUT2D eigenvalue weighted by molar-refractivity contribution is -0.116. The van der Waals surface area contributed by atoms with Crippen molar-refractivity contribution in [2.24, 2.45) is 5.92 Å². The molecule has 4 nitrogen and oxygen atoms in total. The second kappa shape index (κ2) is 9.50. The maximum absolute atomic E-state index is 13.3. The van der Waals surface area contributed by atoms with Crippen LogP contribution in [0.3, 0.4) is 0 Å². The number of anilines is 1. The van der Waals surface area contributed by atoms with Gasteiger partial charge in [0, 0.05) is 24.6 Å². The van der Waals surface area contributed by atoms with Gasteiger partial charge in [-0.15, -0.1) is 12.4 Å². The van der Waals surface area contributed by atoms with Crippen molar-refractivity contribution in [3.63, 3.8) is 0 Å². The monoisotopic (exact) mass is 382 g/mol. The average Bonchev–Trinajstić information content (AvgIpc) is 3.07. The van der Waals surface area contributed by atoms with Crippen molar-refractivity contribution in [2.75, 3.05) is 18.4 Å². The number of halogens is 3. The number of hydrogen-bond donors (Lipinski definition) is 2. The van der Waals surface area contributed by atoms with Gasteiger partial charge in [0.2, 0.25) is 5.91 Å². The fourth-order valence-electron chi connectivity index (χ4n) is 2.88. The summed E-state index contributed by atoms with van der Waals surface area (Å²) in [6.45, 7) is 1.96. The molecule has 140 valence electrons. The zero-order valence-electron chi connectivity index (χ0n) is 14.1. The van der Waals surface area contributed by atoms with E-state index in [9.17, 15) is 13.6 Å². The van der Waals surface area contributed by atoms with Gasteiger partial charge in [0.15, 0.2) is 5.75 Å². The van der Waals surface area contributed by atoms with Crippen molar-refractivity contribution >= 4 is 24.0 Å². The molecule has 1 heterocycles. The van der Waals surface area contributed by atoms with Gasteiger partial charge in [0.1, 0.15) is 17.4 Å². The van der Waals surface area contributed by atoms with Crippen LogP contribution in [-0.2, 0) is 4.79 Å². The number of carbonyl (C=O) groups is 1. The third-order valence-electron chi connectivity index (χ3n) is 4.17. The highest BCUT2D eigenvalue weighted by molar-refractivity contribution is 5.92. The summed E-state index contributed by atoms with van der Waals surface area (Å²) in [5.41, 5.74) is 0.474. The van der Waals surface area contributed by atoms with E-state index >= 15 is 0 Å². The zero-order chi connectivity index (χ0) is 17.6. The minimum Gasteiger partial charge on any atom is -0.455 e. The summed E-state index contributed by atoms with van der Waals surface area (Å²) in [7, 11) is 0. The van der Waals surface area contributed by atoms with Gasteiger partial charge in [0.25, 0.3) is 0 Å². The van der Waals surface area contributed by atoms with Crippen LogP contribution in [-0.4, -0.2) is 19.0 Å². The van der Waals surface area contributed by atoms with Crippen molar-refractivity contribution in [3.8, 4) is 11.5 Å². The number of carbonyl (C=O) groups excluding carboxylic acids is 1. The third-order valence-corrected chi connectivity index (χ3v) is 4.17. The molecule has 0 radical (unpaired) electrons. The van der Waals surface area contributed by atoms with E-state index < -0.39 is 11.6 Å². The van der Waals surface area contributed by atoms with Crippen LogP contribution in [0.25, 0.3) is 0 Å². The topological polar surface area (TPSA) is 50.4 Å². The van der Waals surface area contributed by atoms with Crippen LogP contribution in [0.2, 0.25) is 0 Å². The van der Waals surface area contributed by atoms with E-state index in [4.69, 9.17) is 4.74 Å². The number of hydrogen-bond acceptors (Lipinski definition) is 3. The molecular formula is C19H21ClF2N2O2. The molecule has 1 unspecified atom stereocenters. The molecule has 0 bridgehead atoms. The first-order chi connectivity index (χ1) is 12.1. The molecule has 2 aromatic carbocycles. The van der Waals surface area contributed by atoms with Crippen LogP contribution in [0.1, 0.15) is 19.3 Å². The van der Waals surface area contributed by atoms with Crippen molar-refractivity contribution in [3.05, 3.63) is 54.1 Å². The summed E-state index contributed by atoms with van der Waals surface area (Å²) >= 11 is 0. The van der Waals surface area contributed by atoms with E-state index in [1.54, 1.807) is 24.3 Å². The van der Waals surface area contributed by atoms with Crippen molar-refractivity contribution < 1.29 is 18.3 Å². The van der Waals surface area contributed by atoms with Crippen LogP contribution >= 0.6 is 12.4 Å². The Morgan fingerprint density at radius 3 is 2.62 bits per heavy atom. The second-order valence-electron chi connectivity index (χ2n) is 6.15. The lowest BCUT2D eigenvalue weighted by Gasteiger charge is -2.13. The summed E-state index contributed by atoms with van der Waals surface area (Å²) in [5, 5.41) is 6.09. The Balaban J connectivity index is 0.00000243. The maximum atomic E-state index is 13.3. The zero-order valence-corrected chi connectivity index (χ0v) is 15.0. The molecule has 3 rings (SSSR count). The number of ether oxygens (including phenoxy) is 1. The smallest absolute Gasteiger partial charge is 0.224 e. The molecule has 2 N–H and O–H groups in total. The minimum atomic E-state index is -0.721.